The zero-order valence-electron chi connectivity index (χ0n) is 14.5. The molecule has 2 aliphatic rings. The van der Waals surface area contributed by atoms with Crippen molar-refractivity contribution in [2.24, 2.45) is 10.9 Å². The summed E-state index contributed by atoms with van der Waals surface area (Å²) in [6, 6.07) is 0.230. The molecule has 24 heavy (non-hydrogen) atoms. The van der Waals surface area contributed by atoms with Gasteiger partial charge in [0.1, 0.15) is 4.88 Å². The molecule has 1 aromatic rings. The maximum atomic E-state index is 12.8. The summed E-state index contributed by atoms with van der Waals surface area (Å²) in [5.74, 6) is 1.53. The Morgan fingerprint density at radius 1 is 1.46 bits per heavy atom. The van der Waals surface area contributed by atoms with Crippen LogP contribution >= 0.6 is 11.3 Å². The van der Waals surface area contributed by atoms with E-state index < -0.39 is 0 Å². The number of allylic oxidation sites excluding steroid dienone is 1. The summed E-state index contributed by atoms with van der Waals surface area (Å²) in [7, 11) is 0. The van der Waals surface area contributed by atoms with Crippen molar-refractivity contribution in [3.05, 3.63) is 22.3 Å². The molecule has 3 rings (SSSR count). The minimum Gasteiger partial charge on any atom is -0.375 e. The van der Waals surface area contributed by atoms with Crippen LogP contribution in [-0.2, 0) is 6.42 Å². The number of aryl methyl sites for hydroxylation is 1. The Bertz CT molecular complexity index is 685. The van der Waals surface area contributed by atoms with E-state index in [1.165, 1.54) is 17.0 Å². The lowest BCUT2D eigenvalue weighted by Crippen LogP contribution is -2.41. The van der Waals surface area contributed by atoms with Gasteiger partial charge in [0.05, 0.1) is 17.6 Å². The van der Waals surface area contributed by atoms with Gasteiger partial charge in [-0.25, -0.2) is 4.98 Å². The van der Waals surface area contributed by atoms with Crippen LogP contribution in [0.15, 0.2) is 16.8 Å². The molecule has 1 amide bonds. The van der Waals surface area contributed by atoms with Gasteiger partial charge in [0.2, 0.25) is 0 Å². The quantitative estimate of drug-likeness (QED) is 0.879. The normalized spacial score (nSPS) is 22.0. The highest BCUT2D eigenvalue weighted by molar-refractivity contribution is 7.17. The van der Waals surface area contributed by atoms with Gasteiger partial charge in [0, 0.05) is 24.7 Å². The minimum atomic E-state index is 0.0798. The average molecular weight is 347 g/mol. The molecular weight excluding hydrogens is 322 g/mol. The van der Waals surface area contributed by atoms with Gasteiger partial charge in [0.15, 0.2) is 5.13 Å². The smallest absolute Gasteiger partial charge is 0.265 e. The van der Waals surface area contributed by atoms with E-state index in [1.54, 1.807) is 0 Å². The van der Waals surface area contributed by atoms with Gasteiger partial charge < -0.3 is 16.0 Å². The number of carbonyl (C=O) groups is 1. The lowest BCUT2D eigenvalue weighted by molar-refractivity contribution is 0.0704. The number of aromatic nitrogens is 1. The van der Waals surface area contributed by atoms with Crippen LogP contribution in [0.2, 0.25) is 0 Å². The van der Waals surface area contributed by atoms with Crippen LogP contribution in [0.3, 0.4) is 0 Å². The zero-order valence-corrected chi connectivity index (χ0v) is 15.3. The van der Waals surface area contributed by atoms with Crippen LogP contribution in [0.1, 0.15) is 49.0 Å². The van der Waals surface area contributed by atoms with Gasteiger partial charge in [-0.15, -0.1) is 0 Å². The molecule has 1 aromatic heterocycles. The molecule has 0 spiro atoms. The van der Waals surface area contributed by atoms with Crippen molar-refractivity contribution in [1.29, 1.82) is 0 Å². The molecule has 3 heterocycles. The minimum absolute atomic E-state index is 0.0798. The fraction of sp³-hybridized carbons (Fsp3) is 0.588. The van der Waals surface area contributed by atoms with Crippen LogP contribution in [-0.4, -0.2) is 40.8 Å². The van der Waals surface area contributed by atoms with E-state index in [0.29, 0.717) is 15.9 Å². The number of amidine groups is 1. The molecular formula is C17H25N5OS. The Morgan fingerprint density at radius 3 is 2.79 bits per heavy atom. The number of hydrogen-bond donors (Lipinski definition) is 2. The maximum Gasteiger partial charge on any atom is 0.265 e. The number of aliphatic imine (C=N–C) groups is 1. The number of thiazole rings is 1. The van der Waals surface area contributed by atoms with E-state index >= 15 is 0 Å². The molecule has 0 bridgehead atoms. The van der Waals surface area contributed by atoms with E-state index in [9.17, 15) is 4.79 Å². The van der Waals surface area contributed by atoms with Crippen LogP contribution in [0.5, 0.6) is 0 Å². The molecule has 2 aliphatic heterocycles. The number of rotatable bonds is 3. The van der Waals surface area contributed by atoms with Gasteiger partial charge in [-0.05, 0) is 39.2 Å². The summed E-state index contributed by atoms with van der Waals surface area (Å²) in [5.41, 5.74) is 7.86. The number of nitrogens with zero attached hydrogens (tertiary/aromatic N) is 3. The summed E-state index contributed by atoms with van der Waals surface area (Å²) >= 11 is 1.31. The molecule has 0 aliphatic carbocycles. The van der Waals surface area contributed by atoms with E-state index in [2.05, 4.69) is 28.3 Å². The van der Waals surface area contributed by atoms with Crippen molar-refractivity contribution in [3.8, 4) is 0 Å². The average Bonchev–Trinajstić information content (AvgIpc) is 2.94. The maximum absolute atomic E-state index is 12.8. The van der Waals surface area contributed by atoms with Crippen molar-refractivity contribution >= 4 is 28.2 Å². The number of nitrogens with two attached hydrogens (primary N) is 1. The summed E-state index contributed by atoms with van der Waals surface area (Å²) in [6.07, 6.45) is 4.88. The van der Waals surface area contributed by atoms with Crippen LogP contribution in [0.4, 0.5) is 5.13 Å². The largest absolute Gasteiger partial charge is 0.375 e. The van der Waals surface area contributed by atoms with Gasteiger partial charge >= 0.3 is 0 Å². The third kappa shape index (κ3) is 3.45. The first-order chi connectivity index (χ1) is 11.5. The Hall–Kier alpha value is -1.89. The fourth-order valence-electron chi connectivity index (χ4n) is 3.44. The summed E-state index contributed by atoms with van der Waals surface area (Å²) in [6.45, 7) is 7.65. The Balaban J connectivity index is 1.64. The number of amides is 1. The lowest BCUT2D eigenvalue weighted by Gasteiger charge is -2.34. The van der Waals surface area contributed by atoms with Gasteiger partial charge in [-0.3, -0.25) is 9.79 Å². The monoisotopic (exact) mass is 347 g/mol. The molecule has 130 valence electrons. The van der Waals surface area contributed by atoms with E-state index in [1.807, 2.05) is 18.7 Å². The SMILES string of the molecule is CCc1nc(N)sc1C(=O)N1CCC(C2=CC(C)N=C(C)N2)CC1. The highest BCUT2D eigenvalue weighted by Gasteiger charge is 2.29. The van der Waals surface area contributed by atoms with Gasteiger partial charge in [-0.2, -0.15) is 0 Å². The first-order valence-electron chi connectivity index (χ1n) is 8.55. The summed E-state index contributed by atoms with van der Waals surface area (Å²) < 4.78 is 0. The summed E-state index contributed by atoms with van der Waals surface area (Å²) in [5, 5.41) is 3.87. The highest BCUT2D eigenvalue weighted by Crippen LogP contribution is 2.28. The van der Waals surface area contributed by atoms with Crippen molar-refractivity contribution in [2.75, 3.05) is 18.8 Å². The van der Waals surface area contributed by atoms with Crippen molar-refractivity contribution in [1.82, 2.24) is 15.2 Å². The van der Waals surface area contributed by atoms with Crippen molar-refractivity contribution < 1.29 is 4.79 Å². The molecule has 1 unspecified atom stereocenters. The Labute approximate surface area is 146 Å². The summed E-state index contributed by atoms with van der Waals surface area (Å²) in [4.78, 5) is 24.2. The number of nitrogen functional groups attached to an aromatic ring is 1. The second-order valence-corrected chi connectivity index (χ2v) is 7.48. The lowest BCUT2D eigenvalue weighted by atomic mass is 9.91. The molecule has 7 heteroatoms. The van der Waals surface area contributed by atoms with Crippen molar-refractivity contribution in [2.45, 2.75) is 46.1 Å². The molecule has 0 radical (unpaired) electrons. The fourth-order valence-corrected chi connectivity index (χ4v) is 4.33. The Kier molecular flexibility index (Phi) is 4.89. The second kappa shape index (κ2) is 6.93. The predicted molar refractivity (Wildman–Crippen MR) is 98.3 cm³/mol. The highest BCUT2D eigenvalue weighted by atomic mass is 32.1. The molecule has 6 nitrogen and oxygen atoms in total. The zero-order chi connectivity index (χ0) is 17.3. The van der Waals surface area contributed by atoms with Crippen LogP contribution in [0.25, 0.3) is 0 Å². The number of hydrogen-bond acceptors (Lipinski definition) is 6. The molecule has 0 aromatic carbocycles. The van der Waals surface area contributed by atoms with E-state index in [0.717, 1.165) is 43.9 Å². The Morgan fingerprint density at radius 2 is 2.17 bits per heavy atom. The first kappa shape index (κ1) is 17.0. The number of likely N-dealkylation sites (tertiary alicyclic amines) is 1. The van der Waals surface area contributed by atoms with Gasteiger partial charge in [0.25, 0.3) is 5.91 Å². The number of nitrogens with one attached hydrogen (secondary N) is 1. The van der Waals surface area contributed by atoms with Crippen LogP contribution in [0, 0.1) is 5.92 Å². The van der Waals surface area contributed by atoms with Crippen molar-refractivity contribution in [3.63, 3.8) is 0 Å². The molecule has 3 N–H and O–H groups in total. The third-order valence-corrected chi connectivity index (χ3v) is 5.52. The standard InChI is InChI=1S/C17H25N5OS/c1-4-13-15(24-17(18)21-13)16(23)22-7-5-12(6-8-22)14-9-10(2)19-11(3)20-14/h9-10,12H,4-8H2,1-3H3,(H2,18,21)(H,19,20). The topological polar surface area (TPSA) is 83.6 Å². The first-order valence-corrected chi connectivity index (χ1v) is 9.37. The number of anilines is 1. The molecule has 0 saturated carbocycles. The molecule has 1 atom stereocenters. The predicted octanol–water partition coefficient (Wildman–Crippen LogP) is 2.43. The van der Waals surface area contributed by atoms with Crippen LogP contribution < -0.4 is 11.1 Å². The number of piperidine rings is 1. The number of carbonyl (C=O) groups excluding carboxylic acids is 1. The third-order valence-electron chi connectivity index (χ3n) is 4.61. The van der Waals surface area contributed by atoms with E-state index in [4.69, 9.17) is 5.73 Å². The van der Waals surface area contributed by atoms with E-state index in [-0.39, 0.29) is 11.9 Å². The molecule has 1 saturated heterocycles. The van der Waals surface area contributed by atoms with Gasteiger partial charge in [-0.1, -0.05) is 18.3 Å². The molecule has 1 fully saturated rings. The second-order valence-electron chi connectivity index (χ2n) is 6.45.